The van der Waals surface area contributed by atoms with Crippen LogP contribution in [0.2, 0.25) is 0 Å². The van der Waals surface area contributed by atoms with Crippen molar-refractivity contribution in [2.75, 3.05) is 0 Å². The van der Waals surface area contributed by atoms with Gasteiger partial charge in [0.05, 0.1) is 12.3 Å². The van der Waals surface area contributed by atoms with Gasteiger partial charge in [0.1, 0.15) is 0 Å². The van der Waals surface area contributed by atoms with Crippen molar-refractivity contribution < 1.29 is 19.8 Å². The Hall–Kier alpha value is 0.680. The molecular formula is C20H36Na2O4. The van der Waals surface area contributed by atoms with Crippen LogP contribution < -0.4 is 0 Å². The monoisotopic (exact) mass is 386 g/mol. The van der Waals surface area contributed by atoms with E-state index in [1.807, 2.05) is 12.2 Å². The van der Waals surface area contributed by atoms with Gasteiger partial charge in [-0.25, -0.2) is 0 Å². The Labute approximate surface area is 204 Å². The number of hydrogen-bond acceptors (Lipinski definition) is 2. The van der Waals surface area contributed by atoms with Crippen LogP contribution in [0.25, 0.3) is 0 Å². The minimum absolute atomic E-state index is 0. The number of aliphatic carboxylic acids is 2. The van der Waals surface area contributed by atoms with E-state index in [0.717, 1.165) is 12.8 Å². The third-order valence-corrected chi connectivity index (χ3v) is 4.33. The molecule has 0 fully saturated rings. The summed E-state index contributed by atoms with van der Waals surface area (Å²) < 4.78 is 0. The maximum absolute atomic E-state index is 10.9. The number of carboxylic acid groups (broad SMARTS) is 2. The maximum atomic E-state index is 10.9. The van der Waals surface area contributed by atoms with Crippen LogP contribution in [0.15, 0.2) is 12.2 Å². The first-order valence-corrected chi connectivity index (χ1v) is 9.67. The summed E-state index contributed by atoms with van der Waals surface area (Å²) in [5.74, 6) is -2.89. The summed E-state index contributed by atoms with van der Waals surface area (Å²) >= 11 is 0. The van der Waals surface area contributed by atoms with E-state index in [1.54, 1.807) is 0 Å². The molecule has 0 amide bonds. The minimum Gasteiger partial charge on any atom is -0.481 e. The molecule has 0 aromatic rings. The molecule has 1 unspecified atom stereocenters. The Kier molecular flexibility index (Phi) is 28.6. The number of rotatable bonds is 17. The molecule has 0 spiro atoms. The van der Waals surface area contributed by atoms with E-state index in [2.05, 4.69) is 6.92 Å². The Morgan fingerprint density at radius 3 is 1.65 bits per heavy atom. The molecule has 6 heteroatoms. The van der Waals surface area contributed by atoms with Gasteiger partial charge in [-0.15, -0.1) is 0 Å². The molecule has 0 saturated carbocycles. The molecule has 0 aliphatic carbocycles. The number of hydrogen-bond donors (Lipinski definition) is 2. The van der Waals surface area contributed by atoms with Gasteiger partial charge in [-0.3, -0.25) is 9.59 Å². The normalized spacial score (nSPS) is 11.6. The van der Waals surface area contributed by atoms with Crippen LogP contribution in [0.3, 0.4) is 0 Å². The van der Waals surface area contributed by atoms with Gasteiger partial charge in [0.25, 0.3) is 0 Å². The second-order valence-electron chi connectivity index (χ2n) is 6.66. The molecule has 142 valence electrons. The van der Waals surface area contributed by atoms with Crippen molar-refractivity contribution in [1.29, 1.82) is 0 Å². The summed E-state index contributed by atoms with van der Waals surface area (Å²) in [6.45, 7) is 2.25. The topological polar surface area (TPSA) is 74.6 Å². The summed E-state index contributed by atoms with van der Waals surface area (Å²) in [4.78, 5) is 21.5. The number of unbranched alkanes of at least 4 members (excludes halogenated alkanes) is 11. The standard InChI is InChI=1S/C20H36O4.2Na/c1-2-3-4-5-6-7-8-9-10-11-12-13-14-15-16-18(20(23)24)17-19(21)22;;/h14-15,18H,2-13,16-17H2,1H3,(H,21,22)(H,23,24);;. The first-order valence-electron chi connectivity index (χ1n) is 9.67. The summed E-state index contributed by atoms with van der Waals surface area (Å²) in [5, 5.41) is 17.6. The predicted molar refractivity (Wildman–Crippen MR) is 110 cm³/mol. The molecule has 0 aromatic carbocycles. The summed E-state index contributed by atoms with van der Waals surface area (Å²) in [6, 6.07) is 0. The zero-order valence-corrected chi connectivity index (χ0v) is 21.3. The van der Waals surface area contributed by atoms with E-state index in [9.17, 15) is 9.59 Å². The van der Waals surface area contributed by atoms with Crippen LogP contribution in [-0.2, 0) is 9.59 Å². The van der Waals surface area contributed by atoms with Crippen LogP contribution in [0.5, 0.6) is 0 Å². The number of allylic oxidation sites excluding steroid dienone is 2. The summed E-state index contributed by atoms with van der Waals surface area (Å²) in [7, 11) is 0. The fourth-order valence-electron chi connectivity index (χ4n) is 2.79. The van der Waals surface area contributed by atoms with Gasteiger partial charge in [0.15, 0.2) is 0 Å². The van der Waals surface area contributed by atoms with Gasteiger partial charge in [-0.2, -0.15) is 0 Å². The molecule has 2 N–H and O–H groups in total. The van der Waals surface area contributed by atoms with Gasteiger partial charge >= 0.3 is 11.9 Å². The van der Waals surface area contributed by atoms with Crippen LogP contribution >= 0.6 is 0 Å². The van der Waals surface area contributed by atoms with Crippen LogP contribution in [0.4, 0.5) is 0 Å². The minimum atomic E-state index is -1.05. The van der Waals surface area contributed by atoms with Crippen molar-refractivity contribution in [1.82, 2.24) is 0 Å². The van der Waals surface area contributed by atoms with Gasteiger partial charge < -0.3 is 10.2 Å². The quantitative estimate of drug-likeness (QED) is 0.208. The molecule has 2 radical (unpaired) electrons. The van der Waals surface area contributed by atoms with Crippen LogP contribution in [-0.4, -0.2) is 81.3 Å². The molecule has 4 nitrogen and oxygen atoms in total. The van der Waals surface area contributed by atoms with Crippen molar-refractivity contribution >= 4 is 71.1 Å². The smallest absolute Gasteiger partial charge is 0.307 e. The Balaban J connectivity index is -0.00000264. The van der Waals surface area contributed by atoms with Gasteiger partial charge in [-0.1, -0.05) is 83.3 Å². The number of carbonyl (C=O) groups is 2. The van der Waals surface area contributed by atoms with Gasteiger partial charge in [0, 0.05) is 59.1 Å². The Morgan fingerprint density at radius 1 is 0.769 bits per heavy atom. The van der Waals surface area contributed by atoms with Crippen molar-refractivity contribution in [3.8, 4) is 0 Å². The number of carboxylic acids is 2. The van der Waals surface area contributed by atoms with E-state index >= 15 is 0 Å². The van der Waals surface area contributed by atoms with Crippen molar-refractivity contribution in [3.05, 3.63) is 12.2 Å². The second kappa shape index (κ2) is 23.7. The molecule has 0 heterocycles. The molecule has 0 aromatic heterocycles. The fraction of sp³-hybridized carbons (Fsp3) is 0.800. The van der Waals surface area contributed by atoms with E-state index < -0.39 is 17.9 Å². The van der Waals surface area contributed by atoms with Gasteiger partial charge in [0.2, 0.25) is 0 Å². The van der Waals surface area contributed by atoms with E-state index in [-0.39, 0.29) is 65.5 Å². The zero-order chi connectivity index (χ0) is 18.0. The van der Waals surface area contributed by atoms with E-state index in [0.29, 0.717) is 6.42 Å². The van der Waals surface area contributed by atoms with E-state index in [4.69, 9.17) is 10.2 Å². The average Bonchev–Trinajstić information content (AvgIpc) is 2.53. The molecule has 26 heavy (non-hydrogen) atoms. The first kappa shape index (κ1) is 31.4. The maximum Gasteiger partial charge on any atom is 0.307 e. The Morgan fingerprint density at radius 2 is 1.23 bits per heavy atom. The molecular weight excluding hydrogens is 350 g/mol. The third-order valence-electron chi connectivity index (χ3n) is 4.33. The van der Waals surface area contributed by atoms with Crippen LogP contribution in [0.1, 0.15) is 96.8 Å². The zero-order valence-electron chi connectivity index (χ0n) is 17.3. The molecule has 0 bridgehead atoms. The van der Waals surface area contributed by atoms with Gasteiger partial charge in [-0.05, 0) is 19.3 Å². The Bertz CT molecular complexity index is 360. The van der Waals surface area contributed by atoms with Crippen molar-refractivity contribution in [3.63, 3.8) is 0 Å². The third kappa shape index (κ3) is 22.7. The van der Waals surface area contributed by atoms with Crippen molar-refractivity contribution in [2.45, 2.75) is 96.8 Å². The first-order chi connectivity index (χ1) is 11.6. The summed E-state index contributed by atoms with van der Waals surface area (Å²) in [5.41, 5.74) is 0. The predicted octanol–water partition coefficient (Wildman–Crippen LogP) is 5.05. The van der Waals surface area contributed by atoms with Crippen molar-refractivity contribution in [2.24, 2.45) is 5.92 Å². The van der Waals surface area contributed by atoms with Crippen LogP contribution in [0, 0.1) is 5.92 Å². The molecule has 0 rings (SSSR count). The molecule has 0 saturated heterocycles. The second-order valence-corrected chi connectivity index (χ2v) is 6.66. The fourth-order valence-corrected chi connectivity index (χ4v) is 2.79. The average molecular weight is 386 g/mol. The summed E-state index contributed by atoms with van der Waals surface area (Å²) in [6.07, 6.45) is 19.2. The molecule has 1 atom stereocenters. The van der Waals surface area contributed by atoms with E-state index in [1.165, 1.54) is 64.2 Å². The molecule has 0 aliphatic rings. The SMILES string of the molecule is CCCCCCCCCCCCCC=CCC(CC(=O)O)C(=O)O.[Na].[Na]. The molecule has 0 aliphatic heterocycles. The largest absolute Gasteiger partial charge is 0.481 e.